The van der Waals surface area contributed by atoms with Crippen LogP contribution in [0.2, 0.25) is 0 Å². The number of para-hydroxylation sites is 3. The lowest BCUT2D eigenvalue weighted by atomic mass is 10.3. The van der Waals surface area contributed by atoms with Crippen LogP contribution >= 0.6 is 0 Å². The second-order valence-electron chi connectivity index (χ2n) is 4.86. The molecule has 0 unspecified atom stereocenters. The molecule has 24 heavy (non-hydrogen) atoms. The topological polar surface area (TPSA) is 27.7 Å². The molecule has 0 spiro atoms. The molecule has 0 atom stereocenters. The highest BCUT2D eigenvalue weighted by molar-refractivity contribution is 6.20. The van der Waals surface area contributed by atoms with Gasteiger partial charge >= 0.3 is 5.95 Å². The molecule has 0 aromatic heterocycles. The van der Waals surface area contributed by atoms with E-state index in [0.29, 0.717) is 22.6 Å². The summed E-state index contributed by atoms with van der Waals surface area (Å²) in [6.07, 6.45) is 0. The first-order chi connectivity index (χ1) is 11.8. The maximum atomic E-state index is 5.84. The fourth-order valence-corrected chi connectivity index (χ4v) is 2.17. The van der Waals surface area contributed by atoms with Crippen LogP contribution in [0.3, 0.4) is 0 Å². The van der Waals surface area contributed by atoms with Crippen LogP contribution in [0.5, 0.6) is 17.2 Å². The third-order valence-corrected chi connectivity index (χ3v) is 3.36. The van der Waals surface area contributed by atoms with Crippen molar-refractivity contribution in [2.75, 3.05) is 0 Å². The van der Waals surface area contributed by atoms with E-state index in [2.05, 4.69) is 10.2 Å². The van der Waals surface area contributed by atoms with Crippen LogP contribution in [0, 0.1) is 0 Å². The molecule has 3 nitrogen and oxygen atoms in total. The summed E-state index contributed by atoms with van der Waals surface area (Å²) < 4.78 is 17.4. The number of hydrogen-bond acceptors (Lipinski definition) is 3. The van der Waals surface area contributed by atoms with Crippen LogP contribution < -0.4 is 14.2 Å². The van der Waals surface area contributed by atoms with Crippen molar-refractivity contribution in [3.05, 3.63) is 102 Å². The van der Waals surface area contributed by atoms with Crippen LogP contribution in [-0.4, -0.2) is 10.2 Å². The minimum Gasteiger partial charge on any atom is -0.460 e. The molecule has 0 bridgehead atoms. The first-order valence-corrected chi connectivity index (χ1v) is 7.96. The van der Waals surface area contributed by atoms with Crippen molar-refractivity contribution < 1.29 is 14.2 Å². The number of rotatable bonds is 6. The highest BCUT2D eigenvalue weighted by atomic mass is 28.1. The van der Waals surface area contributed by atoms with E-state index < -0.39 is 0 Å². The maximum absolute atomic E-state index is 5.84. The molecule has 3 aromatic carbocycles. The molecule has 117 valence electrons. The Labute approximate surface area is 144 Å². The molecule has 0 saturated heterocycles. The molecule has 0 heterocycles. The second-order valence-corrected chi connectivity index (χ2v) is 5.32. The van der Waals surface area contributed by atoms with E-state index in [1.165, 1.54) is 0 Å². The Bertz CT molecular complexity index is 743. The molecule has 0 N–H and O–H groups in total. The molecule has 0 amide bonds. The normalized spacial score (nSPS) is 9.88. The first kappa shape index (κ1) is 15.9. The molecule has 3 radical (unpaired) electrons. The van der Waals surface area contributed by atoms with E-state index in [0.717, 1.165) is 0 Å². The van der Waals surface area contributed by atoms with Gasteiger partial charge in [-0.15, -0.1) is 0 Å². The van der Waals surface area contributed by atoms with E-state index >= 15 is 0 Å². The zero-order chi connectivity index (χ0) is 16.6. The van der Waals surface area contributed by atoms with E-state index in [-0.39, 0.29) is 5.95 Å². The van der Waals surface area contributed by atoms with Crippen LogP contribution in [0.15, 0.2) is 102 Å². The van der Waals surface area contributed by atoms with Gasteiger partial charge in [0.2, 0.25) is 0 Å². The van der Waals surface area contributed by atoms with E-state index in [1.807, 2.05) is 91.0 Å². The van der Waals surface area contributed by atoms with Crippen LogP contribution in [0.4, 0.5) is 0 Å². The van der Waals surface area contributed by atoms with Crippen molar-refractivity contribution in [2.24, 2.45) is 0 Å². The van der Waals surface area contributed by atoms with Crippen LogP contribution in [0.1, 0.15) is 0 Å². The lowest BCUT2D eigenvalue weighted by Crippen LogP contribution is -2.12. The van der Waals surface area contributed by atoms with E-state index in [4.69, 9.17) is 14.2 Å². The van der Waals surface area contributed by atoms with Crippen molar-refractivity contribution in [2.45, 2.75) is 0 Å². The molecular weight excluding hydrogens is 316 g/mol. The lowest BCUT2D eigenvalue weighted by Gasteiger charge is -2.15. The molecule has 0 aliphatic rings. The SMILES string of the molecule is [Si]C(Oc1ccccc1)=C(Oc1ccccc1)Oc1ccccc1. The van der Waals surface area contributed by atoms with Crippen molar-refractivity contribution in [1.82, 2.24) is 0 Å². The van der Waals surface area contributed by atoms with Crippen molar-refractivity contribution >= 4 is 10.2 Å². The van der Waals surface area contributed by atoms with Gasteiger partial charge in [-0.25, -0.2) is 0 Å². The summed E-state index contributed by atoms with van der Waals surface area (Å²) in [6.45, 7) is 0. The largest absolute Gasteiger partial charge is 0.460 e. The fourth-order valence-electron chi connectivity index (χ4n) is 1.95. The minimum absolute atomic E-state index is 0.216. The maximum Gasteiger partial charge on any atom is 0.324 e. The van der Waals surface area contributed by atoms with Gasteiger partial charge in [-0.3, -0.25) is 0 Å². The summed E-state index contributed by atoms with van der Waals surface area (Å²) in [5.41, 5.74) is 0. The molecule has 3 aromatic rings. The van der Waals surface area contributed by atoms with Gasteiger partial charge in [0.25, 0.3) is 0 Å². The Morgan fingerprint density at radius 3 is 1.21 bits per heavy atom. The van der Waals surface area contributed by atoms with E-state index in [1.54, 1.807) is 0 Å². The summed E-state index contributed by atoms with van der Waals surface area (Å²) in [4.78, 5) is 0. The Morgan fingerprint density at radius 2 is 0.833 bits per heavy atom. The van der Waals surface area contributed by atoms with Gasteiger partial charge in [0.15, 0.2) is 5.38 Å². The molecule has 3 rings (SSSR count). The first-order valence-electron chi connectivity index (χ1n) is 7.46. The van der Waals surface area contributed by atoms with Gasteiger partial charge in [0, 0.05) is 0 Å². The quantitative estimate of drug-likeness (QED) is 0.491. The smallest absolute Gasteiger partial charge is 0.324 e. The zero-order valence-corrected chi connectivity index (χ0v) is 13.9. The molecule has 0 aliphatic heterocycles. The second kappa shape index (κ2) is 8.03. The van der Waals surface area contributed by atoms with Gasteiger partial charge < -0.3 is 14.2 Å². The third kappa shape index (κ3) is 4.51. The zero-order valence-electron chi connectivity index (χ0n) is 12.9. The lowest BCUT2D eigenvalue weighted by molar-refractivity contribution is 0.204. The molecule has 0 aliphatic carbocycles. The Kier molecular flexibility index (Phi) is 5.32. The van der Waals surface area contributed by atoms with Crippen molar-refractivity contribution in [1.29, 1.82) is 0 Å². The van der Waals surface area contributed by atoms with Crippen LogP contribution in [0.25, 0.3) is 0 Å². The van der Waals surface area contributed by atoms with Gasteiger partial charge in [0.1, 0.15) is 27.5 Å². The number of ether oxygens (including phenoxy) is 3. The third-order valence-electron chi connectivity index (χ3n) is 3.06. The Morgan fingerprint density at radius 1 is 0.500 bits per heavy atom. The fraction of sp³-hybridized carbons (Fsp3) is 0. The van der Waals surface area contributed by atoms with Crippen LogP contribution in [-0.2, 0) is 0 Å². The minimum atomic E-state index is 0.216. The highest BCUT2D eigenvalue weighted by Crippen LogP contribution is 2.21. The van der Waals surface area contributed by atoms with Gasteiger partial charge in [-0.1, -0.05) is 54.6 Å². The molecular formula is C20H15O3Si. The summed E-state index contributed by atoms with van der Waals surface area (Å²) >= 11 is 0. The highest BCUT2D eigenvalue weighted by Gasteiger charge is 2.11. The molecule has 0 saturated carbocycles. The van der Waals surface area contributed by atoms with Gasteiger partial charge in [-0.2, -0.15) is 0 Å². The Hall–Kier alpha value is -2.98. The number of benzene rings is 3. The molecule has 4 heteroatoms. The van der Waals surface area contributed by atoms with Crippen molar-refractivity contribution in [3.8, 4) is 17.2 Å². The summed E-state index contributed by atoms with van der Waals surface area (Å²) in [6, 6.07) is 28.2. The summed E-state index contributed by atoms with van der Waals surface area (Å²) in [5, 5.41) is 0.342. The average Bonchev–Trinajstić information content (AvgIpc) is 2.64. The summed E-state index contributed by atoms with van der Waals surface area (Å²) in [7, 11) is 3.46. The summed E-state index contributed by atoms with van der Waals surface area (Å²) in [5.74, 6) is 2.19. The predicted molar refractivity (Wildman–Crippen MR) is 94.0 cm³/mol. The van der Waals surface area contributed by atoms with Gasteiger partial charge in [0.05, 0.1) is 0 Å². The molecule has 0 fully saturated rings. The van der Waals surface area contributed by atoms with Crippen molar-refractivity contribution in [3.63, 3.8) is 0 Å². The van der Waals surface area contributed by atoms with Gasteiger partial charge in [-0.05, 0) is 36.4 Å². The number of hydrogen-bond donors (Lipinski definition) is 0. The average molecular weight is 331 g/mol. The monoisotopic (exact) mass is 331 g/mol. The Balaban J connectivity index is 1.86. The predicted octanol–water partition coefficient (Wildman–Crippen LogP) is 4.52. The standard InChI is InChI=1S/C20H15O3Si/c24-20(23-18-14-8-3-9-15-18)19(21-16-10-4-1-5-11-16)22-17-12-6-2-7-13-17/h1-15H. The van der Waals surface area contributed by atoms with E-state index in [9.17, 15) is 0 Å².